The second-order valence-electron chi connectivity index (χ2n) is 7.03. The summed E-state index contributed by atoms with van der Waals surface area (Å²) in [5.74, 6) is -2.72. The van der Waals surface area contributed by atoms with Crippen LogP contribution in [-0.4, -0.2) is 69.3 Å². The van der Waals surface area contributed by atoms with Gasteiger partial charge in [0.15, 0.2) is 5.82 Å². The third-order valence-corrected chi connectivity index (χ3v) is 4.84. The summed E-state index contributed by atoms with van der Waals surface area (Å²) in [6, 6.07) is 14.0. The number of para-hydroxylation sites is 1. The fraction of sp³-hybridized carbons (Fsp3) is 0.238. The Balaban J connectivity index is 0.000000383. The number of alkyl halides is 3. The molecule has 0 spiro atoms. The van der Waals surface area contributed by atoms with E-state index in [9.17, 15) is 27.9 Å². The first-order chi connectivity index (χ1) is 15.6. The Morgan fingerprint density at radius 1 is 0.970 bits per heavy atom. The number of amides is 1. The normalized spacial score (nSPS) is 13.9. The summed E-state index contributed by atoms with van der Waals surface area (Å²) in [5, 5.41) is 17.0. The van der Waals surface area contributed by atoms with Crippen LogP contribution >= 0.6 is 0 Å². The minimum atomic E-state index is -5.08. The molecular formula is C21H19F3N4O5. The lowest BCUT2D eigenvalue weighted by molar-refractivity contribution is -0.192. The van der Waals surface area contributed by atoms with Crippen molar-refractivity contribution in [1.29, 1.82) is 0 Å². The molecule has 1 amide bonds. The van der Waals surface area contributed by atoms with Gasteiger partial charge in [-0.05, 0) is 36.4 Å². The number of benzene rings is 2. The largest absolute Gasteiger partial charge is 0.508 e. The number of piperazine rings is 1. The van der Waals surface area contributed by atoms with Crippen LogP contribution in [0.25, 0.3) is 10.9 Å². The molecular weight excluding hydrogens is 445 g/mol. The summed E-state index contributed by atoms with van der Waals surface area (Å²) < 4.78 is 31.7. The quantitative estimate of drug-likeness (QED) is 0.531. The van der Waals surface area contributed by atoms with Gasteiger partial charge in [0.05, 0.1) is 10.9 Å². The second kappa shape index (κ2) is 9.59. The van der Waals surface area contributed by atoms with Crippen molar-refractivity contribution in [2.24, 2.45) is 0 Å². The number of carbonyl (C=O) groups excluding carboxylic acids is 1. The molecule has 9 nitrogen and oxygen atoms in total. The Hall–Kier alpha value is -4.09. The van der Waals surface area contributed by atoms with Gasteiger partial charge >= 0.3 is 12.1 Å². The number of nitrogens with one attached hydrogen (secondary N) is 1. The number of halogens is 3. The van der Waals surface area contributed by atoms with Gasteiger partial charge in [0.2, 0.25) is 0 Å². The molecule has 4 rings (SSSR count). The van der Waals surface area contributed by atoms with E-state index in [4.69, 9.17) is 9.90 Å². The molecule has 3 aromatic rings. The summed E-state index contributed by atoms with van der Waals surface area (Å²) in [6.45, 7) is 2.43. The predicted molar refractivity (Wildman–Crippen MR) is 112 cm³/mol. The van der Waals surface area contributed by atoms with Gasteiger partial charge in [-0.1, -0.05) is 12.1 Å². The predicted octanol–water partition coefficient (Wildman–Crippen LogP) is 2.22. The van der Waals surface area contributed by atoms with Crippen molar-refractivity contribution < 1.29 is 33.0 Å². The summed E-state index contributed by atoms with van der Waals surface area (Å²) in [5.41, 5.74) is 1.22. The molecule has 1 aliphatic heterocycles. The van der Waals surface area contributed by atoms with Crippen LogP contribution in [0, 0.1) is 0 Å². The number of aliphatic carboxylic acids is 1. The minimum absolute atomic E-state index is 0.0757. The molecule has 0 atom stereocenters. The highest BCUT2D eigenvalue weighted by Crippen LogP contribution is 2.20. The average molecular weight is 464 g/mol. The fourth-order valence-electron chi connectivity index (χ4n) is 3.17. The monoisotopic (exact) mass is 464 g/mol. The van der Waals surface area contributed by atoms with Crippen LogP contribution in [0.1, 0.15) is 10.6 Å². The van der Waals surface area contributed by atoms with Crippen LogP contribution in [0.4, 0.5) is 18.9 Å². The highest BCUT2D eigenvalue weighted by molar-refractivity contribution is 5.92. The van der Waals surface area contributed by atoms with E-state index in [1.165, 1.54) is 0 Å². The molecule has 2 aromatic carbocycles. The van der Waals surface area contributed by atoms with E-state index in [1.807, 2.05) is 12.1 Å². The van der Waals surface area contributed by atoms with E-state index in [1.54, 1.807) is 41.3 Å². The van der Waals surface area contributed by atoms with E-state index in [2.05, 4.69) is 14.9 Å². The van der Waals surface area contributed by atoms with Crippen molar-refractivity contribution in [2.75, 3.05) is 31.1 Å². The molecule has 0 bridgehead atoms. The highest BCUT2D eigenvalue weighted by Gasteiger charge is 2.38. The van der Waals surface area contributed by atoms with Gasteiger partial charge in [0.25, 0.3) is 11.5 Å². The van der Waals surface area contributed by atoms with Gasteiger partial charge in [-0.3, -0.25) is 9.59 Å². The molecule has 174 valence electrons. The number of hydrogen-bond donors (Lipinski definition) is 3. The van der Waals surface area contributed by atoms with Crippen molar-refractivity contribution in [2.45, 2.75) is 6.18 Å². The number of anilines is 1. The standard InChI is InChI=1S/C19H18N4O3.C2HF3O2/c24-14-7-5-13(6-8-14)22-9-11-23(12-10-22)19(26)17-20-16-4-2-1-3-15(16)18(25)21-17;3-2(4,5)1(6)7/h1-8,24H,9-12H2,(H,20,21,25);(H,6,7). The van der Waals surface area contributed by atoms with Crippen molar-refractivity contribution in [3.8, 4) is 5.75 Å². The van der Waals surface area contributed by atoms with E-state index in [-0.39, 0.29) is 23.0 Å². The molecule has 1 aliphatic rings. The summed E-state index contributed by atoms with van der Waals surface area (Å²) >= 11 is 0. The zero-order valence-corrected chi connectivity index (χ0v) is 17.0. The average Bonchev–Trinajstić information content (AvgIpc) is 2.79. The highest BCUT2D eigenvalue weighted by atomic mass is 19.4. The lowest BCUT2D eigenvalue weighted by Crippen LogP contribution is -2.49. The van der Waals surface area contributed by atoms with Crippen LogP contribution in [0.15, 0.2) is 53.3 Å². The molecule has 2 heterocycles. The number of carbonyl (C=O) groups is 2. The number of H-pyrrole nitrogens is 1. The number of carboxylic acid groups (broad SMARTS) is 1. The van der Waals surface area contributed by atoms with Gasteiger partial charge in [-0.2, -0.15) is 13.2 Å². The van der Waals surface area contributed by atoms with Crippen molar-refractivity contribution in [3.63, 3.8) is 0 Å². The number of phenolic OH excluding ortho intramolecular Hbond substituents is 1. The molecule has 0 radical (unpaired) electrons. The first-order valence-electron chi connectivity index (χ1n) is 9.68. The number of carboxylic acids is 1. The van der Waals surface area contributed by atoms with Crippen LogP contribution in [0.3, 0.4) is 0 Å². The number of hydrogen-bond acceptors (Lipinski definition) is 6. The number of nitrogens with zero attached hydrogens (tertiary/aromatic N) is 3. The van der Waals surface area contributed by atoms with Gasteiger partial charge in [0.1, 0.15) is 5.75 Å². The number of aromatic amines is 1. The Morgan fingerprint density at radius 3 is 2.12 bits per heavy atom. The van der Waals surface area contributed by atoms with E-state index in [0.717, 1.165) is 5.69 Å². The molecule has 0 saturated carbocycles. The van der Waals surface area contributed by atoms with Crippen LogP contribution < -0.4 is 10.5 Å². The SMILES string of the molecule is O=C(O)C(F)(F)F.O=C(c1nc2ccccc2c(=O)[nH]1)N1CCN(c2ccc(O)cc2)CC1. The molecule has 33 heavy (non-hydrogen) atoms. The van der Waals surface area contributed by atoms with Gasteiger partial charge in [0, 0.05) is 31.9 Å². The van der Waals surface area contributed by atoms with Gasteiger partial charge in [-0.15, -0.1) is 0 Å². The lowest BCUT2D eigenvalue weighted by Gasteiger charge is -2.35. The molecule has 3 N–H and O–H groups in total. The summed E-state index contributed by atoms with van der Waals surface area (Å²) in [4.78, 5) is 44.5. The van der Waals surface area contributed by atoms with Crippen molar-refractivity contribution in [3.05, 3.63) is 64.7 Å². The van der Waals surface area contributed by atoms with E-state index < -0.39 is 12.1 Å². The summed E-state index contributed by atoms with van der Waals surface area (Å²) in [6.07, 6.45) is -5.08. The van der Waals surface area contributed by atoms with Crippen LogP contribution in [0.2, 0.25) is 0 Å². The Morgan fingerprint density at radius 2 is 1.55 bits per heavy atom. The number of rotatable bonds is 2. The van der Waals surface area contributed by atoms with Crippen LogP contribution in [-0.2, 0) is 4.79 Å². The number of phenols is 1. The van der Waals surface area contributed by atoms with Crippen LogP contribution in [0.5, 0.6) is 5.75 Å². The zero-order valence-electron chi connectivity index (χ0n) is 17.0. The fourth-order valence-corrected chi connectivity index (χ4v) is 3.17. The van der Waals surface area contributed by atoms with E-state index >= 15 is 0 Å². The number of aromatic hydroxyl groups is 1. The molecule has 12 heteroatoms. The smallest absolute Gasteiger partial charge is 0.490 e. The molecule has 0 aliphatic carbocycles. The molecule has 1 saturated heterocycles. The second-order valence-corrected chi connectivity index (χ2v) is 7.03. The molecule has 1 aromatic heterocycles. The van der Waals surface area contributed by atoms with Crippen molar-refractivity contribution in [1.82, 2.24) is 14.9 Å². The zero-order chi connectivity index (χ0) is 24.2. The Kier molecular flexibility index (Phi) is 6.85. The summed E-state index contributed by atoms with van der Waals surface area (Å²) in [7, 11) is 0. The topological polar surface area (TPSA) is 127 Å². The van der Waals surface area contributed by atoms with E-state index in [0.29, 0.717) is 37.1 Å². The number of fused-ring (bicyclic) bond motifs is 1. The number of aromatic nitrogens is 2. The minimum Gasteiger partial charge on any atom is -0.508 e. The maximum atomic E-state index is 12.7. The lowest BCUT2D eigenvalue weighted by atomic mass is 10.2. The Labute approximate surface area is 184 Å². The first-order valence-corrected chi connectivity index (χ1v) is 9.68. The molecule has 1 fully saturated rings. The first kappa shape index (κ1) is 23.6. The maximum absolute atomic E-state index is 12.7. The maximum Gasteiger partial charge on any atom is 0.490 e. The van der Waals surface area contributed by atoms with Crippen molar-refractivity contribution >= 4 is 28.5 Å². The molecule has 0 unspecified atom stereocenters. The third-order valence-electron chi connectivity index (χ3n) is 4.84. The van der Waals surface area contributed by atoms with Gasteiger partial charge < -0.3 is 25.0 Å². The van der Waals surface area contributed by atoms with Gasteiger partial charge in [-0.25, -0.2) is 9.78 Å². The Bertz CT molecular complexity index is 1200. The third kappa shape index (κ3) is 5.79.